The Morgan fingerprint density at radius 2 is 2.11 bits per heavy atom. The van der Waals surface area contributed by atoms with Crippen LogP contribution in [-0.4, -0.2) is 17.4 Å². The Balaban J connectivity index is 1.97. The zero-order chi connectivity index (χ0) is 13.2. The summed E-state index contributed by atoms with van der Waals surface area (Å²) >= 11 is 11.6. The molecule has 1 aromatic heterocycles. The molecule has 0 spiro atoms. The molecule has 1 fully saturated rings. The summed E-state index contributed by atoms with van der Waals surface area (Å²) in [4.78, 5) is 15.8. The lowest BCUT2D eigenvalue weighted by molar-refractivity contribution is 0.0934. The third kappa shape index (κ3) is 3.15. The summed E-state index contributed by atoms with van der Waals surface area (Å²) in [6.45, 7) is 2.92. The fourth-order valence-electron chi connectivity index (χ4n) is 2.35. The maximum atomic E-state index is 12.0. The molecule has 98 valence electrons. The minimum atomic E-state index is -0.144. The zero-order valence-corrected chi connectivity index (χ0v) is 11.8. The summed E-state index contributed by atoms with van der Waals surface area (Å²) in [6, 6.07) is 1.54. The molecular formula is C13H16Cl2N2O. The lowest BCUT2D eigenvalue weighted by atomic mass is 9.89. The van der Waals surface area contributed by atoms with Crippen LogP contribution >= 0.6 is 23.2 Å². The SMILES string of the molecule is CC1(CNC(=O)c2cnc(Cl)c(Cl)c2)CCCC1. The monoisotopic (exact) mass is 286 g/mol. The average Bonchev–Trinajstić information content (AvgIpc) is 2.77. The predicted molar refractivity (Wildman–Crippen MR) is 73.2 cm³/mol. The number of hydrogen-bond acceptors (Lipinski definition) is 2. The van der Waals surface area contributed by atoms with E-state index in [4.69, 9.17) is 23.2 Å². The second-order valence-corrected chi connectivity index (χ2v) is 5.96. The fraction of sp³-hybridized carbons (Fsp3) is 0.538. The Morgan fingerprint density at radius 1 is 1.44 bits per heavy atom. The Kier molecular flexibility index (Phi) is 4.13. The topological polar surface area (TPSA) is 42.0 Å². The van der Waals surface area contributed by atoms with Crippen molar-refractivity contribution in [3.8, 4) is 0 Å². The average molecular weight is 287 g/mol. The number of nitrogens with one attached hydrogen (secondary N) is 1. The van der Waals surface area contributed by atoms with Crippen molar-refractivity contribution in [2.45, 2.75) is 32.6 Å². The molecule has 0 aromatic carbocycles. The number of carbonyl (C=O) groups is 1. The van der Waals surface area contributed by atoms with Crippen molar-refractivity contribution in [2.24, 2.45) is 5.41 Å². The van der Waals surface area contributed by atoms with E-state index in [0.717, 1.165) is 0 Å². The van der Waals surface area contributed by atoms with Crippen LogP contribution in [0.3, 0.4) is 0 Å². The van der Waals surface area contributed by atoms with Crippen molar-refractivity contribution in [1.82, 2.24) is 10.3 Å². The predicted octanol–water partition coefficient (Wildman–Crippen LogP) is 3.70. The van der Waals surface area contributed by atoms with Gasteiger partial charge in [-0.3, -0.25) is 4.79 Å². The Bertz CT molecular complexity index is 456. The van der Waals surface area contributed by atoms with Crippen LogP contribution in [0.25, 0.3) is 0 Å². The van der Waals surface area contributed by atoms with Crippen LogP contribution in [0.1, 0.15) is 43.0 Å². The molecule has 1 N–H and O–H groups in total. The third-order valence-corrected chi connectivity index (χ3v) is 4.23. The number of carbonyl (C=O) groups excluding carboxylic acids is 1. The molecule has 1 aromatic rings. The highest BCUT2D eigenvalue weighted by molar-refractivity contribution is 6.41. The van der Waals surface area contributed by atoms with Crippen LogP contribution in [0.15, 0.2) is 12.3 Å². The first kappa shape index (κ1) is 13.6. The van der Waals surface area contributed by atoms with E-state index >= 15 is 0 Å². The van der Waals surface area contributed by atoms with Crippen LogP contribution in [0.2, 0.25) is 10.2 Å². The highest BCUT2D eigenvalue weighted by atomic mass is 35.5. The molecule has 5 heteroatoms. The van der Waals surface area contributed by atoms with E-state index in [1.54, 1.807) is 6.07 Å². The van der Waals surface area contributed by atoms with E-state index < -0.39 is 0 Å². The van der Waals surface area contributed by atoms with Gasteiger partial charge in [-0.15, -0.1) is 0 Å². The van der Waals surface area contributed by atoms with Gasteiger partial charge < -0.3 is 5.32 Å². The molecule has 1 aliphatic rings. The van der Waals surface area contributed by atoms with Crippen LogP contribution in [-0.2, 0) is 0 Å². The molecule has 0 atom stereocenters. The Morgan fingerprint density at radius 3 is 2.72 bits per heavy atom. The van der Waals surface area contributed by atoms with Gasteiger partial charge in [-0.05, 0) is 24.3 Å². The fourth-order valence-corrected chi connectivity index (χ4v) is 2.62. The first-order chi connectivity index (χ1) is 8.50. The van der Waals surface area contributed by atoms with Gasteiger partial charge in [0.25, 0.3) is 5.91 Å². The molecule has 1 aliphatic carbocycles. The van der Waals surface area contributed by atoms with Gasteiger partial charge in [0.15, 0.2) is 0 Å². The quantitative estimate of drug-likeness (QED) is 0.861. The van der Waals surface area contributed by atoms with Crippen LogP contribution < -0.4 is 5.32 Å². The molecule has 3 nitrogen and oxygen atoms in total. The second-order valence-electron chi connectivity index (χ2n) is 5.20. The highest BCUT2D eigenvalue weighted by Gasteiger charge is 2.29. The molecule has 18 heavy (non-hydrogen) atoms. The Hall–Kier alpha value is -0.800. The number of amides is 1. The largest absolute Gasteiger partial charge is 0.351 e. The number of aromatic nitrogens is 1. The molecule has 2 rings (SSSR count). The highest BCUT2D eigenvalue weighted by Crippen LogP contribution is 2.36. The lowest BCUT2D eigenvalue weighted by Gasteiger charge is -2.23. The minimum Gasteiger partial charge on any atom is -0.351 e. The minimum absolute atomic E-state index is 0.144. The lowest BCUT2D eigenvalue weighted by Crippen LogP contribution is -2.34. The standard InChI is InChI=1S/C13H16Cl2N2O/c1-13(4-2-3-5-13)8-17-12(18)9-6-10(14)11(15)16-7-9/h6-7H,2-5,8H2,1H3,(H,17,18). The third-order valence-electron chi connectivity index (χ3n) is 3.54. The molecule has 0 saturated heterocycles. The van der Waals surface area contributed by atoms with Crippen LogP contribution in [0.5, 0.6) is 0 Å². The molecule has 1 heterocycles. The summed E-state index contributed by atoms with van der Waals surface area (Å²) in [5, 5.41) is 3.47. The van der Waals surface area contributed by atoms with Crippen molar-refractivity contribution in [3.05, 3.63) is 28.0 Å². The Labute approximate surface area is 117 Å². The summed E-state index contributed by atoms with van der Waals surface area (Å²) < 4.78 is 0. The summed E-state index contributed by atoms with van der Waals surface area (Å²) in [7, 11) is 0. The number of halogens is 2. The number of rotatable bonds is 3. The maximum absolute atomic E-state index is 12.0. The molecule has 1 amide bonds. The number of pyridine rings is 1. The maximum Gasteiger partial charge on any atom is 0.252 e. The van der Waals surface area contributed by atoms with Gasteiger partial charge in [-0.2, -0.15) is 0 Å². The molecule has 0 bridgehead atoms. The van der Waals surface area contributed by atoms with Gasteiger partial charge >= 0.3 is 0 Å². The first-order valence-corrected chi connectivity index (χ1v) is 6.85. The second kappa shape index (κ2) is 5.45. The van der Waals surface area contributed by atoms with Gasteiger partial charge in [0, 0.05) is 12.7 Å². The van der Waals surface area contributed by atoms with Gasteiger partial charge in [-0.1, -0.05) is 43.0 Å². The van der Waals surface area contributed by atoms with E-state index in [9.17, 15) is 4.79 Å². The molecular weight excluding hydrogens is 271 g/mol. The van der Waals surface area contributed by atoms with E-state index in [1.165, 1.54) is 31.9 Å². The van der Waals surface area contributed by atoms with Crippen LogP contribution in [0.4, 0.5) is 0 Å². The van der Waals surface area contributed by atoms with Crippen molar-refractivity contribution < 1.29 is 4.79 Å². The van der Waals surface area contributed by atoms with Gasteiger partial charge in [0.1, 0.15) is 5.15 Å². The molecule has 1 saturated carbocycles. The summed E-state index contributed by atoms with van der Waals surface area (Å²) in [5.74, 6) is -0.144. The summed E-state index contributed by atoms with van der Waals surface area (Å²) in [6.07, 6.45) is 6.29. The molecule has 0 aliphatic heterocycles. The van der Waals surface area contributed by atoms with Gasteiger partial charge in [0.05, 0.1) is 10.6 Å². The first-order valence-electron chi connectivity index (χ1n) is 6.09. The molecule has 0 radical (unpaired) electrons. The van der Waals surface area contributed by atoms with E-state index in [2.05, 4.69) is 17.2 Å². The van der Waals surface area contributed by atoms with Crippen molar-refractivity contribution in [2.75, 3.05) is 6.54 Å². The van der Waals surface area contributed by atoms with E-state index in [-0.39, 0.29) is 16.5 Å². The van der Waals surface area contributed by atoms with Crippen molar-refractivity contribution >= 4 is 29.1 Å². The van der Waals surface area contributed by atoms with Crippen molar-refractivity contribution in [1.29, 1.82) is 0 Å². The van der Waals surface area contributed by atoms with Crippen LogP contribution in [0, 0.1) is 5.41 Å². The normalized spacial score (nSPS) is 17.7. The van der Waals surface area contributed by atoms with E-state index in [0.29, 0.717) is 17.1 Å². The zero-order valence-electron chi connectivity index (χ0n) is 10.3. The summed E-state index contributed by atoms with van der Waals surface area (Å²) in [5.41, 5.74) is 0.685. The van der Waals surface area contributed by atoms with E-state index in [1.807, 2.05) is 0 Å². The van der Waals surface area contributed by atoms with Gasteiger partial charge in [0.2, 0.25) is 0 Å². The van der Waals surface area contributed by atoms with Crippen molar-refractivity contribution in [3.63, 3.8) is 0 Å². The smallest absolute Gasteiger partial charge is 0.252 e. The van der Waals surface area contributed by atoms with Gasteiger partial charge in [-0.25, -0.2) is 4.98 Å². The number of hydrogen-bond donors (Lipinski definition) is 1. The number of nitrogens with zero attached hydrogens (tertiary/aromatic N) is 1. The molecule has 0 unspecified atom stereocenters.